The number of benzene rings is 1. The molecule has 0 saturated heterocycles. The van der Waals surface area contributed by atoms with Crippen LogP contribution in [0.4, 0.5) is 4.39 Å². The highest BCUT2D eigenvalue weighted by Crippen LogP contribution is 2.17. The molecule has 1 rings (SSSR count). The van der Waals surface area contributed by atoms with Crippen molar-refractivity contribution in [3.63, 3.8) is 0 Å². The Morgan fingerprint density at radius 2 is 2.00 bits per heavy atom. The standard InChI is InChI=1S/C14H21FN2O3S/c1-4-10(3)9-17(5-2)14(18)12-8-11(21(16,19)20)6-7-13(12)15/h6-8,10H,4-5,9H2,1-3H3,(H2,16,19,20). The summed E-state index contributed by atoms with van der Waals surface area (Å²) < 4.78 is 36.5. The Morgan fingerprint density at radius 1 is 1.38 bits per heavy atom. The number of amides is 1. The third-order valence-electron chi connectivity index (χ3n) is 3.39. The highest BCUT2D eigenvalue weighted by atomic mass is 32.2. The molecule has 1 aromatic carbocycles. The van der Waals surface area contributed by atoms with E-state index in [9.17, 15) is 17.6 Å². The summed E-state index contributed by atoms with van der Waals surface area (Å²) in [6.45, 7) is 6.70. The number of hydrogen-bond donors (Lipinski definition) is 1. The lowest BCUT2D eigenvalue weighted by Gasteiger charge is -2.24. The molecule has 2 N–H and O–H groups in total. The second-order valence-corrected chi connectivity index (χ2v) is 6.61. The van der Waals surface area contributed by atoms with E-state index in [4.69, 9.17) is 5.14 Å². The fourth-order valence-electron chi connectivity index (χ4n) is 1.88. The summed E-state index contributed by atoms with van der Waals surface area (Å²) in [5.41, 5.74) is -0.272. The number of primary sulfonamides is 1. The first kappa shape index (κ1) is 17.6. The van der Waals surface area contributed by atoms with Crippen LogP contribution in [0.5, 0.6) is 0 Å². The topological polar surface area (TPSA) is 80.5 Å². The van der Waals surface area contributed by atoms with Crippen LogP contribution in [0.3, 0.4) is 0 Å². The van der Waals surface area contributed by atoms with Gasteiger partial charge in [0.25, 0.3) is 5.91 Å². The zero-order valence-corrected chi connectivity index (χ0v) is 13.3. The predicted octanol–water partition coefficient (Wildman–Crippen LogP) is 1.98. The number of hydrogen-bond acceptors (Lipinski definition) is 3. The van der Waals surface area contributed by atoms with Crippen LogP contribution in [-0.4, -0.2) is 32.3 Å². The highest BCUT2D eigenvalue weighted by Gasteiger charge is 2.21. The molecule has 0 heterocycles. The average molecular weight is 316 g/mol. The summed E-state index contributed by atoms with van der Waals surface area (Å²) in [5, 5.41) is 5.01. The van der Waals surface area contributed by atoms with Crippen molar-refractivity contribution in [1.29, 1.82) is 0 Å². The quantitative estimate of drug-likeness (QED) is 0.871. The molecule has 0 aromatic heterocycles. The van der Waals surface area contributed by atoms with E-state index < -0.39 is 21.7 Å². The SMILES string of the molecule is CCC(C)CN(CC)C(=O)c1cc(S(N)(=O)=O)ccc1F. The summed E-state index contributed by atoms with van der Waals surface area (Å²) in [6.07, 6.45) is 0.892. The Bertz CT molecular complexity index is 617. The van der Waals surface area contributed by atoms with Crippen molar-refractivity contribution in [2.45, 2.75) is 32.1 Å². The van der Waals surface area contributed by atoms with Crippen LogP contribution in [0.15, 0.2) is 23.1 Å². The second-order valence-electron chi connectivity index (χ2n) is 5.04. The Balaban J connectivity index is 3.16. The maximum absolute atomic E-state index is 13.8. The number of halogens is 1. The van der Waals surface area contributed by atoms with Gasteiger partial charge in [0.05, 0.1) is 10.5 Å². The molecule has 118 valence electrons. The molecular formula is C14H21FN2O3S. The number of carbonyl (C=O) groups is 1. The van der Waals surface area contributed by atoms with Crippen molar-refractivity contribution in [2.24, 2.45) is 11.1 Å². The van der Waals surface area contributed by atoms with Gasteiger partial charge in [-0.1, -0.05) is 20.3 Å². The normalized spacial score (nSPS) is 13.0. The molecule has 1 atom stereocenters. The Hall–Kier alpha value is -1.47. The van der Waals surface area contributed by atoms with Crippen molar-refractivity contribution < 1.29 is 17.6 Å². The van der Waals surface area contributed by atoms with Crippen LogP contribution in [0, 0.1) is 11.7 Å². The summed E-state index contributed by atoms with van der Waals surface area (Å²) in [6, 6.07) is 2.99. The maximum atomic E-state index is 13.8. The monoisotopic (exact) mass is 316 g/mol. The molecule has 5 nitrogen and oxygen atoms in total. The molecule has 7 heteroatoms. The van der Waals surface area contributed by atoms with E-state index in [2.05, 4.69) is 0 Å². The van der Waals surface area contributed by atoms with Gasteiger partial charge in [0, 0.05) is 13.1 Å². The Morgan fingerprint density at radius 3 is 2.48 bits per heavy atom. The van der Waals surface area contributed by atoms with Gasteiger partial charge < -0.3 is 4.90 Å². The lowest BCUT2D eigenvalue weighted by Crippen LogP contribution is -2.35. The summed E-state index contributed by atoms with van der Waals surface area (Å²) in [5.74, 6) is -1.01. The Labute approximate surface area is 125 Å². The molecule has 0 aliphatic carbocycles. The van der Waals surface area contributed by atoms with Crippen molar-refractivity contribution in [3.05, 3.63) is 29.6 Å². The highest BCUT2D eigenvalue weighted by molar-refractivity contribution is 7.89. The van der Waals surface area contributed by atoms with Gasteiger partial charge in [0.15, 0.2) is 0 Å². The summed E-state index contributed by atoms with van der Waals surface area (Å²) >= 11 is 0. The summed E-state index contributed by atoms with van der Waals surface area (Å²) in [7, 11) is -3.97. The van der Waals surface area contributed by atoms with E-state index >= 15 is 0 Å². The Kier molecular flexibility index (Phi) is 5.86. The second kappa shape index (κ2) is 7.00. The minimum absolute atomic E-state index is 0.271. The van der Waals surface area contributed by atoms with Crippen LogP contribution >= 0.6 is 0 Å². The zero-order chi connectivity index (χ0) is 16.2. The van der Waals surface area contributed by atoms with Gasteiger partial charge in [-0.25, -0.2) is 17.9 Å². The van der Waals surface area contributed by atoms with E-state index in [-0.39, 0.29) is 16.4 Å². The van der Waals surface area contributed by atoms with Crippen LogP contribution in [0.2, 0.25) is 0 Å². The molecule has 1 unspecified atom stereocenters. The number of carbonyl (C=O) groups excluding carboxylic acids is 1. The first-order valence-corrected chi connectivity index (χ1v) is 8.36. The molecule has 0 radical (unpaired) electrons. The van der Waals surface area contributed by atoms with Crippen LogP contribution in [0.1, 0.15) is 37.6 Å². The predicted molar refractivity (Wildman–Crippen MR) is 78.8 cm³/mol. The van der Waals surface area contributed by atoms with Gasteiger partial charge in [-0.15, -0.1) is 0 Å². The van der Waals surface area contributed by atoms with Gasteiger partial charge in [-0.3, -0.25) is 4.79 Å². The molecule has 0 saturated carbocycles. The third-order valence-corrected chi connectivity index (χ3v) is 4.31. The van der Waals surface area contributed by atoms with Crippen molar-refractivity contribution in [2.75, 3.05) is 13.1 Å². The van der Waals surface area contributed by atoms with E-state index in [1.165, 1.54) is 4.90 Å². The molecule has 1 aromatic rings. The van der Waals surface area contributed by atoms with Gasteiger partial charge in [-0.2, -0.15) is 0 Å². The number of sulfonamides is 1. The largest absolute Gasteiger partial charge is 0.339 e. The number of nitrogens with two attached hydrogens (primary N) is 1. The molecule has 0 fully saturated rings. The fraction of sp³-hybridized carbons (Fsp3) is 0.500. The number of nitrogens with zero attached hydrogens (tertiary/aromatic N) is 1. The fourth-order valence-corrected chi connectivity index (χ4v) is 2.42. The van der Waals surface area contributed by atoms with E-state index in [1.54, 1.807) is 6.92 Å². The van der Waals surface area contributed by atoms with E-state index in [1.807, 2.05) is 13.8 Å². The molecule has 0 spiro atoms. The number of rotatable bonds is 6. The zero-order valence-electron chi connectivity index (χ0n) is 12.5. The van der Waals surface area contributed by atoms with Crippen LogP contribution < -0.4 is 5.14 Å². The van der Waals surface area contributed by atoms with Gasteiger partial charge in [0.1, 0.15) is 5.82 Å². The van der Waals surface area contributed by atoms with Crippen molar-refractivity contribution in [3.8, 4) is 0 Å². The first-order valence-electron chi connectivity index (χ1n) is 6.82. The van der Waals surface area contributed by atoms with Gasteiger partial charge >= 0.3 is 0 Å². The molecular weight excluding hydrogens is 295 g/mol. The minimum Gasteiger partial charge on any atom is -0.339 e. The molecule has 21 heavy (non-hydrogen) atoms. The van der Waals surface area contributed by atoms with E-state index in [0.29, 0.717) is 13.1 Å². The van der Waals surface area contributed by atoms with Crippen molar-refractivity contribution >= 4 is 15.9 Å². The lowest BCUT2D eigenvalue weighted by atomic mass is 10.1. The molecule has 0 bridgehead atoms. The van der Waals surface area contributed by atoms with Crippen LogP contribution in [-0.2, 0) is 10.0 Å². The van der Waals surface area contributed by atoms with Gasteiger partial charge in [-0.05, 0) is 31.0 Å². The first-order chi connectivity index (χ1) is 9.70. The minimum atomic E-state index is -3.97. The van der Waals surface area contributed by atoms with E-state index in [0.717, 1.165) is 24.6 Å². The molecule has 0 aliphatic rings. The van der Waals surface area contributed by atoms with Crippen molar-refractivity contribution in [1.82, 2.24) is 4.90 Å². The maximum Gasteiger partial charge on any atom is 0.256 e. The molecule has 1 amide bonds. The smallest absolute Gasteiger partial charge is 0.256 e. The summed E-state index contributed by atoms with van der Waals surface area (Å²) in [4.78, 5) is 13.6. The lowest BCUT2D eigenvalue weighted by molar-refractivity contribution is 0.0736. The van der Waals surface area contributed by atoms with Gasteiger partial charge in [0.2, 0.25) is 10.0 Å². The average Bonchev–Trinajstić information content (AvgIpc) is 2.42. The molecule has 0 aliphatic heterocycles. The third kappa shape index (κ3) is 4.50. The van der Waals surface area contributed by atoms with Crippen LogP contribution in [0.25, 0.3) is 0 Å².